The van der Waals surface area contributed by atoms with Gasteiger partial charge in [-0.1, -0.05) is 0 Å². The average molecular weight is 258 g/mol. The van der Waals surface area contributed by atoms with E-state index in [1.54, 1.807) is 18.7 Å². The Morgan fingerprint density at radius 3 is 2.89 bits per heavy atom. The molecule has 0 spiro atoms. The van der Waals surface area contributed by atoms with Gasteiger partial charge in [-0.3, -0.25) is 0 Å². The van der Waals surface area contributed by atoms with E-state index in [4.69, 9.17) is 4.74 Å². The molecule has 0 unspecified atom stereocenters. The minimum Gasteiger partial charge on any atom is -0.477 e. The van der Waals surface area contributed by atoms with Gasteiger partial charge in [-0.05, 0) is 37.9 Å². The van der Waals surface area contributed by atoms with E-state index in [1.807, 2.05) is 22.9 Å². The van der Waals surface area contributed by atoms with Crippen molar-refractivity contribution >= 4 is 0 Å². The van der Waals surface area contributed by atoms with Crippen molar-refractivity contribution in [2.75, 3.05) is 19.7 Å². The number of aromatic nitrogens is 3. The summed E-state index contributed by atoms with van der Waals surface area (Å²) in [6.45, 7) is 2.96. The summed E-state index contributed by atoms with van der Waals surface area (Å²) >= 11 is 0. The lowest BCUT2D eigenvalue weighted by molar-refractivity contribution is 0.209. The fourth-order valence-corrected chi connectivity index (χ4v) is 2.27. The molecule has 0 aliphatic carbocycles. The molecule has 5 heteroatoms. The third-order valence-corrected chi connectivity index (χ3v) is 3.45. The van der Waals surface area contributed by atoms with Gasteiger partial charge >= 0.3 is 0 Å². The van der Waals surface area contributed by atoms with E-state index in [0.717, 1.165) is 25.4 Å². The number of rotatable bonds is 4. The largest absolute Gasteiger partial charge is 0.477 e. The van der Waals surface area contributed by atoms with Crippen LogP contribution in [0.25, 0.3) is 5.69 Å². The van der Waals surface area contributed by atoms with Crippen LogP contribution in [-0.2, 0) is 0 Å². The molecule has 19 heavy (non-hydrogen) atoms. The Labute approximate surface area is 112 Å². The first kappa shape index (κ1) is 12.2. The molecule has 0 bridgehead atoms. The minimum atomic E-state index is 0.649. The van der Waals surface area contributed by atoms with Gasteiger partial charge in [0.25, 0.3) is 0 Å². The molecule has 5 nitrogen and oxygen atoms in total. The standard InChI is InChI=1S/C14H18N4O/c1-2-14(19-10-12-3-5-15-6-4-12)17-9-13(1)18-8-7-16-11-18/h1-2,7-9,11-12,15H,3-6,10H2. The summed E-state index contributed by atoms with van der Waals surface area (Å²) in [4.78, 5) is 8.35. The van der Waals surface area contributed by atoms with Gasteiger partial charge in [0.1, 0.15) is 0 Å². The SMILES string of the molecule is c1cn(-c2ccc(OCC3CCNCC3)nc2)cn1. The van der Waals surface area contributed by atoms with Crippen molar-refractivity contribution in [3.05, 3.63) is 37.1 Å². The number of hydrogen-bond donors (Lipinski definition) is 1. The topological polar surface area (TPSA) is 52.0 Å². The number of nitrogens with one attached hydrogen (secondary N) is 1. The maximum atomic E-state index is 5.75. The summed E-state index contributed by atoms with van der Waals surface area (Å²) < 4.78 is 7.67. The fraction of sp³-hybridized carbons (Fsp3) is 0.429. The highest BCUT2D eigenvalue weighted by Crippen LogP contribution is 2.15. The maximum Gasteiger partial charge on any atom is 0.213 e. The van der Waals surface area contributed by atoms with E-state index in [2.05, 4.69) is 15.3 Å². The number of pyridine rings is 1. The Hall–Kier alpha value is -1.88. The van der Waals surface area contributed by atoms with Crippen LogP contribution in [0.4, 0.5) is 0 Å². The molecule has 1 N–H and O–H groups in total. The van der Waals surface area contributed by atoms with Crippen LogP contribution >= 0.6 is 0 Å². The second-order valence-electron chi connectivity index (χ2n) is 4.83. The second-order valence-corrected chi connectivity index (χ2v) is 4.83. The highest BCUT2D eigenvalue weighted by Gasteiger charge is 2.13. The van der Waals surface area contributed by atoms with Crippen LogP contribution in [0.3, 0.4) is 0 Å². The number of hydrogen-bond acceptors (Lipinski definition) is 4. The van der Waals surface area contributed by atoms with Crippen molar-refractivity contribution in [2.24, 2.45) is 5.92 Å². The lowest BCUT2D eigenvalue weighted by atomic mass is 9.99. The van der Waals surface area contributed by atoms with Gasteiger partial charge in [0.15, 0.2) is 0 Å². The molecule has 0 atom stereocenters. The highest BCUT2D eigenvalue weighted by atomic mass is 16.5. The van der Waals surface area contributed by atoms with Crippen molar-refractivity contribution in [1.82, 2.24) is 19.9 Å². The van der Waals surface area contributed by atoms with Gasteiger partial charge in [0.05, 0.1) is 24.8 Å². The summed E-state index contributed by atoms with van der Waals surface area (Å²) in [6, 6.07) is 3.91. The molecule has 1 fully saturated rings. The summed E-state index contributed by atoms with van der Waals surface area (Å²) in [7, 11) is 0. The normalized spacial score (nSPS) is 16.4. The summed E-state index contributed by atoms with van der Waals surface area (Å²) in [5, 5.41) is 3.36. The molecular formula is C14H18N4O. The summed E-state index contributed by atoms with van der Waals surface area (Å²) in [5.41, 5.74) is 0.992. The van der Waals surface area contributed by atoms with E-state index < -0.39 is 0 Å². The molecule has 1 saturated heterocycles. The van der Waals surface area contributed by atoms with Crippen LogP contribution < -0.4 is 10.1 Å². The molecule has 100 valence electrons. The van der Waals surface area contributed by atoms with Crippen molar-refractivity contribution in [3.63, 3.8) is 0 Å². The van der Waals surface area contributed by atoms with Crippen LogP contribution in [0.1, 0.15) is 12.8 Å². The van der Waals surface area contributed by atoms with E-state index in [0.29, 0.717) is 11.8 Å². The zero-order valence-corrected chi connectivity index (χ0v) is 10.8. The molecule has 3 rings (SSSR count). The molecule has 3 heterocycles. The van der Waals surface area contributed by atoms with E-state index in [-0.39, 0.29) is 0 Å². The molecular weight excluding hydrogens is 240 g/mol. The Morgan fingerprint density at radius 2 is 2.21 bits per heavy atom. The zero-order valence-electron chi connectivity index (χ0n) is 10.8. The molecule has 2 aromatic rings. The van der Waals surface area contributed by atoms with Crippen LogP contribution in [0, 0.1) is 5.92 Å². The first-order valence-corrected chi connectivity index (χ1v) is 6.70. The Balaban J connectivity index is 1.57. The minimum absolute atomic E-state index is 0.649. The first-order chi connectivity index (χ1) is 9.42. The van der Waals surface area contributed by atoms with Gasteiger partial charge in [-0.15, -0.1) is 0 Å². The van der Waals surface area contributed by atoms with Crippen molar-refractivity contribution in [2.45, 2.75) is 12.8 Å². The zero-order chi connectivity index (χ0) is 12.9. The fourth-order valence-electron chi connectivity index (χ4n) is 2.27. The number of imidazole rings is 1. The van der Waals surface area contributed by atoms with Crippen LogP contribution in [-0.4, -0.2) is 34.2 Å². The van der Waals surface area contributed by atoms with E-state index >= 15 is 0 Å². The molecule has 0 aromatic carbocycles. The van der Waals surface area contributed by atoms with Crippen molar-refractivity contribution in [3.8, 4) is 11.6 Å². The first-order valence-electron chi connectivity index (χ1n) is 6.70. The van der Waals surface area contributed by atoms with Crippen LogP contribution in [0.2, 0.25) is 0 Å². The summed E-state index contributed by atoms with van der Waals surface area (Å²) in [5.74, 6) is 1.35. The Bertz CT molecular complexity index is 489. The van der Waals surface area contributed by atoms with Gasteiger partial charge < -0.3 is 14.6 Å². The highest BCUT2D eigenvalue weighted by molar-refractivity contribution is 5.31. The number of nitrogens with zero attached hydrogens (tertiary/aromatic N) is 3. The Morgan fingerprint density at radius 1 is 1.32 bits per heavy atom. The molecule has 0 amide bonds. The lowest BCUT2D eigenvalue weighted by Crippen LogP contribution is -2.30. The van der Waals surface area contributed by atoms with Crippen molar-refractivity contribution < 1.29 is 4.74 Å². The molecule has 1 aliphatic heterocycles. The van der Waals surface area contributed by atoms with Gasteiger partial charge in [-0.2, -0.15) is 0 Å². The van der Waals surface area contributed by atoms with Crippen LogP contribution in [0.5, 0.6) is 5.88 Å². The smallest absolute Gasteiger partial charge is 0.213 e. The summed E-state index contributed by atoms with van der Waals surface area (Å²) in [6.07, 6.45) is 9.58. The van der Waals surface area contributed by atoms with E-state index in [9.17, 15) is 0 Å². The third-order valence-electron chi connectivity index (χ3n) is 3.45. The van der Waals surface area contributed by atoms with Gasteiger partial charge in [-0.25, -0.2) is 9.97 Å². The maximum absolute atomic E-state index is 5.75. The molecule has 0 saturated carbocycles. The monoisotopic (exact) mass is 258 g/mol. The predicted octanol–water partition coefficient (Wildman–Crippen LogP) is 1.65. The lowest BCUT2D eigenvalue weighted by Gasteiger charge is -2.22. The molecule has 0 radical (unpaired) electrons. The third kappa shape index (κ3) is 3.12. The number of piperidine rings is 1. The van der Waals surface area contributed by atoms with Gasteiger partial charge in [0, 0.05) is 18.5 Å². The molecule has 1 aliphatic rings. The predicted molar refractivity (Wildman–Crippen MR) is 72.4 cm³/mol. The van der Waals surface area contributed by atoms with E-state index in [1.165, 1.54) is 12.8 Å². The van der Waals surface area contributed by atoms with Crippen LogP contribution in [0.15, 0.2) is 37.1 Å². The number of ether oxygens (including phenoxy) is 1. The quantitative estimate of drug-likeness (QED) is 0.906. The Kier molecular flexibility index (Phi) is 3.74. The van der Waals surface area contributed by atoms with Gasteiger partial charge in [0.2, 0.25) is 5.88 Å². The average Bonchev–Trinajstić information content (AvgIpc) is 3.01. The second kappa shape index (κ2) is 5.84. The molecule has 2 aromatic heterocycles. The van der Waals surface area contributed by atoms with Crippen molar-refractivity contribution in [1.29, 1.82) is 0 Å².